The molecular formula is C9H18N2O3. The number of nitrogens with one attached hydrogen (secondary N) is 1. The first kappa shape index (κ1) is 11.3. The summed E-state index contributed by atoms with van der Waals surface area (Å²) < 4.78 is 0. The van der Waals surface area contributed by atoms with Gasteiger partial charge in [-0.25, -0.2) is 4.79 Å². The van der Waals surface area contributed by atoms with E-state index < -0.39 is 11.7 Å². The smallest absolute Gasteiger partial charge is 0.431 e. The summed E-state index contributed by atoms with van der Waals surface area (Å²) in [5, 5.41) is 13.1. The van der Waals surface area contributed by atoms with Gasteiger partial charge < -0.3 is 10.4 Å². The number of rotatable bonds is 2. The molecule has 0 unspecified atom stereocenters. The maximum absolute atomic E-state index is 10.9. The van der Waals surface area contributed by atoms with Crippen LogP contribution in [0.15, 0.2) is 0 Å². The molecule has 1 aliphatic heterocycles. The van der Waals surface area contributed by atoms with Gasteiger partial charge in [-0.3, -0.25) is 4.84 Å². The summed E-state index contributed by atoms with van der Waals surface area (Å²) >= 11 is 0. The van der Waals surface area contributed by atoms with E-state index in [1.54, 1.807) is 0 Å². The first-order valence-electron chi connectivity index (χ1n) is 4.82. The van der Waals surface area contributed by atoms with Crippen molar-refractivity contribution in [3.8, 4) is 0 Å². The lowest BCUT2D eigenvalue weighted by molar-refractivity contribution is -0.219. The summed E-state index contributed by atoms with van der Waals surface area (Å²) in [4.78, 5) is 16.3. The fourth-order valence-corrected chi connectivity index (χ4v) is 1.40. The van der Waals surface area contributed by atoms with Crippen LogP contribution < -0.4 is 5.32 Å². The molecule has 0 saturated carbocycles. The van der Waals surface area contributed by atoms with Gasteiger partial charge in [-0.15, -0.1) is 0 Å². The van der Waals surface area contributed by atoms with Gasteiger partial charge in [0.15, 0.2) is 0 Å². The topological polar surface area (TPSA) is 61.8 Å². The predicted molar refractivity (Wildman–Crippen MR) is 52.0 cm³/mol. The van der Waals surface area contributed by atoms with Crippen LogP contribution in [-0.2, 0) is 4.84 Å². The van der Waals surface area contributed by atoms with Crippen molar-refractivity contribution in [3.63, 3.8) is 0 Å². The van der Waals surface area contributed by atoms with Crippen LogP contribution in [0.2, 0.25) is 0 Å². The van der Waals surface area contributed by atoms with Crippen LogP contribution in [0.1, 0.15) is 27.2 Å². The number of carbonyl (C=O) groups is 1. The molecule has 0 aromatic rings. The molecule has 1 amide bonds. The van der Waals surface area contributed by atoms with E-state index >= 15 is 0 Å². The van der Waals surface area contributed by atoms with Crippen molar-refractivity contribution >= 4 is 6.09 Å². The van der Waals surface area contributed by atoms with Gasteiger partial charge in [0.1, 0.15) is 0 Å². The molecule has 1 fully saturated rings. The second kappa shape index (κ2) is 4.14. The largest absolute Gasteiger partial charge is 0.463 e. The normalized spacial score (nSPS) is 22.4. The Kier molecular flexibility index (Phi) is 3.34. The molecule has 5 nitrogen and oxygen atoms in total. The van der Waals surface area contributed by atoms with Crippen molar-refractivity contribution in [2.45, 2.75) is 38.8 Å². The molecule has 0 bridgehead atoms. The van der Waals surface area contributed by atoms with Crippen LogP contribution in [-0.4, -0.2) is 41.0 Å². The van der Waals surface area contributed by atoms with Gasteiger partial charge in [-0.05, 0) is 33.7 Å². The van der Waals surface area contributed by atoms with Gasteiger partial charge in [0.25, 0.3) is 0 Å². The minimum atomic E-state index is -1.02. The number of carboxylic acid groups (broad SMARTS) is 1. The highest BCUT2D eigenvalue weighted by atomic mass is 16.7. The molecule has 1 saturated heterocycles. The van der Waals surface area contributed by atoms with Gasteiger partial charge in [0.2, 0.25) is 0 Å². The third-order valence-electron chi connectivity index (χ3n) is 1.93. The Morgan fingerprint density at radius 1 is 1.57 bits per heavy atom. The molecule has 5 heteroatoms. The minimum absolute atomic E-state index is 0.0632. The van der Waals surface area contributed by atoms with Gasteiger partial charge in [-0.2, -0.15) is 5.06 Å². The summed E-state index contributed by atoms with van der Waals surface area (Å²) in [6.45, 7) is 7.03. The van der Waals surface area contributed by atoms with Crippen molar-refractivity contribution in [2.75, 3.05) is 13.1 Å². The Bertz CT molecular complexity index is 207. The summed E-state index contributed by atoms with van der Waals surface area (Å²) in [5.41, 5.74) is -0.471. The number of hydroxylamine groups is 2. The third-order valence-corrected chi connectivity index (χ3v) is 1.93. The number of nitrogens with zero attached hydrogens (tertiary/aromatic N) is 1. The Morgan fingerprint density at radius 2 is 2.21 bits per heavy atom. The highest BCUT2D eigenvalue weighted by molar-refractivity contribution is 5.64. The van der Waals surface area contributed by atoms with E-state index in [1.807, 2.05) is 20.8 Å². The Balaban J connectivity index is 2.59. The molecule has 0 aliphatic carbocycles. The Morgan fingerprint density at radius 3 is 2.57 bits per heavy atom. The number of hydrogen-bond acceptors (Lipinski definition) is 3. The average Bonchev–Trinajstić information content (AvgIpc) is 2.49. The molecular weight excluding hydrogens is 184 g/mol. The van der Waals surface area contributed by atoms with Crippen LogP contribution in [0.25, 0.3) is 0 Å². The van der Waals surface area contributed by atoms with Gasteiger partial charge in [-0.1, -0.05) is 0 Å². The molecule has 1 rings (SSSR count). The molecule has 0 aromatic carbocycles. The molecule has 1 heterocycles. The van der Waals surface area contributed by atoms with E-state index in [0.717, 1.165) is 18.0 Å². The standard InChI is InChI=1S/C9H18N2O3/c1-9(2,3)14-11(8(12)13)7-4-5-10-6-7/h7,10H,4-6H2,1-3H3,(H,12,13)/t7-/m0/s1. The lowest BCUT2D eigenvalue weighted by Gasteiger charge is -2.31. The molecule has 1 atom stereocenters. The Hall–Kier alpha value is -0.810. The summed E-state index contributed by atoms with van der Waals surface area (Å²) in [6, 6.07) is -0.0632. The first-order valence-corrected chi connectivity index (χ1v) is 4.82. The zero-order valence-electron chi connectivity index (χ0n) is 8.91. The first-order chi connectivity index (χ1) is 6.40. The van der Waals surface area contributed by atoms with Gasteiger partial charge >= 0.3 is 6.09 Å². The second-order valence-corrected chi connectivity index (χ2v) is 4.46. The number of hydrogen-bond donors (Lipinski definition) is 2. The molecule has 1 aliphatic rings. The fraction of sp³-hybridized carbons (Fsp3) is 0.889. The quantitative estimate of drug-likeness (QED) is 0.657. The molecule has 0 aromatic heterocycles. The highest BCUT2D eigenvalue weighted by Gasteiger charge is 2.30. The van der Waals surface area contributed by atoms with Crippen molar-refractivity contribution in [2.24, 2.45) is 0 Å². The van der Waals surface area contributed by atoms with E-state index in [9.17, 15) is 4.79 Å². The molecule has 14 heavy (non-hydrogen) atoms. The van der Waals surface area contributed by atoms with E-state index in [2.05, 4.69) is 5.32 Å². The maximum atomic E-state index is 10.9. The summed E-state index contributed by atoms with van der Waals surface area (Å²) in [5.74, 6) is 0. The maximum Gasteiger partial charge on any atom is 0.431 e. The fourth-order valence-electron chi connectivity index (χ4n) is 1.40. The zero-order valence-corrected chi connectivity index (χ0v) is 8.91. The lowest BCUT2D eigenvalue weighted by Crippen LogP contribution is -2.45. The molecule has 0 spiro atoms. The SMILES string of the molecule is CC(C)(C)ON(C(=O)O)[C@H]1CCNC1. The second-order valence-electron chi connectivity index (χ2n) is 4.46. The van der Waals surface area contributed by atoms with Gasteiger partial charge in [0.05, 0.1) is 11.6 Å². The van der Waals surface area contributed by atoms with Crippen molar-refractivity contribution in [1.29, 1.82) is 0 Å². The van der Waals surface area contributed by atoms with E-state index in [0.29, 0.717) is 6.54 Å². The highest BCUT2D eigenvalue weighted by Crippen LogP contribution is 2.16. The third kappa shape index (κ3) is 3.16. The predicted octanol–water partition coefficient (Wildman–Crippen LogP) is 1.06. The summed E-state index contributed by atoms with van der Waals surface area (Å²) in [6.07, 6.45) is -0.212. The van der Waals surface area contributed by atoms with Crippen molar-refractivity contribution in [3.05, 3.63) is 0 Å². The molecule has 0 radical (unpaired) electrons. The van der Waals surface area contributed by atoms with E-state index in [4.69, 9.17) is 9.94 Å². The van der Waals surface area contributed by atoms with Crippen molar-refractivity contribution < 1.29 is 14.7 Å². The zero-order chi connectivity index (χ0) is 10.8. The van der Waals surface area contributed by atoms with E-state index in [1.165, 1.54) is 0 Å². The number of amides is 1. The Labute approximate surface area is 84.0 Å². The minimum Gasteiger partial charge on any atom is -0.463 e. The van der Waals surface area contributed by atoms with Crippen LogP contribution in [0, 0.1) is 0 Å². The van der Waals surface area contributed by atoms with Crippen LogP contribution in [0.4, 0.5) is 4.79 Å². The lowest BCUT2D eigenvalue weighted by atomic mass is 10.2. The van der Waals surface area contributed by atoms with Crippen LogP contribution in [0.3, 0.4) is 0 Å². The van der Waals surface area contributed by atoms with Crippen LogP contribution >= 0.6 is 0 Å². The summed E-state index contributed by atoms with van der Waals surface area (Å²) in [7, 11) is 0. The van der Waals surface area contributed by atoms with Crippen LogP contribution in [0.5, 0.6) is 0 Å². The van der Waals surface area contributed by atoms with Crippen molar-refractivity contribution in [1.82, 2.24) is 10.4 Å². The molecule has 82 valence electrons. The van der Waals surface area contributed by atoms with E-state index in [-0.39, 0.29) is 6.04 Å². The average molecular weight is 202 g/mol. The monoisotopic (exact) mass is 202 g/mol. The van der Waals surface area contributed by atoms with Gasteiger partial charge in [0, 0.05) is 6.54 Å². The molecule has 2 N–H and O–H groups in total.